The lowest BCUT2D eigenvalue weighted by molar-refractivity contribution is -0.119. The maximum atomic E-state index is 12.2. The number of rotatable bonds is 7. The van der Waals surface area contributed by atoms with Crippen molar-refractivity contribution in [3.8, 4) is 6.07 Å². The molecule has 2 aromatic rings. The average Bonchev–Trinajstić information content (AvgIpc) is 2.67. The Morgan fingerprint density at radius 2 is 1.85 bits per heavy atom. The number of nitrogens with zero attached hydrogens (tertiary/aromatic N) is 1. The fourth-order valence-corrected chi connectivity index (χ4v) is 3.13. The number of benzene rings is 2. The summed E-state index contributed by atoms with van der Waals surface area (Å²) in [6.07, 6.45) is 0.296. The van der Waals surface area contributed by atoms with Crippen molar-refractivity contribution in [2.45, 2.75) is 18.2 Å². The molecular formula is C19H18N2O4S. The predicted octanol–water partition coefficient (Wildman–Crippen LogP) is 2.68. The fourth-order valence-electron chi connectivity index (χ4n) is 2.19. The number of hydrogen-bond acceptors (Lipinski definition) is 5. The summed E-state index contributed by atoms with van der Waals surface area (Å²) >= 11 is 0. The Morgan fingerprint density at radius 1 is 1.15 bits per heavy atom. The largest absolute Gasteiger partial charge is 0.452 e. The number of esters is 1. The summed E-state index contributed by atoms with van der Waals surface area (Å²) in [5.41, 5.74) is 1.58. The van der Waals surface area contributed by atoms with Crippen molar-refractivity contribution < 1.29 is 18.5 Å². The monoisotopic (exact) mass is 370 g/mol. The Hall–Kier alpha value is -2.98. The first-order chi connectivity index (χ1) is 12.5. The van der Waals surface area contributed by atoms with Crippen LogP contribution in [0.25, 0.3) is 0 Å². The van der Waals surface area contributed by atoms with E-state index in [0.717, 1.165) is 5.56 Å². The van der Waals surface area contributed by atoms with Crippen molar-refractivity contribution >= 4 is 28.4 Å². The minimum absolute atomic E-state index is 0.196. The summed E-state index contributed by atoms with van der Waals surface area (Å²) < 4.78 is 17.0. The number of amides is 1. The molecule has 0 saturated carbocycles. The number of hydrogen-bond donors (Lipinski definition) is 1. The normalized spacial score (nSPS) is 11.2. The van der Waals surface area contributed by atoms with E-state index in [1.165, 1.54) is 6.07 Å². The van der Waals surface area contributed by atoms with E-state index < -0.39 is 29.3 Å². The van der Waals surface area contributed by atoms with E-state index in [1.54, 1.807) is 49.4 Å². The van der Waals surface area contributed by atoms with Crippen LogP contribution in [-0.2, 0) is 26.8 Å². The fraction of sp³-hybridized carbons (Fsp3) is 0.211. The maximum Gasteiger partial charge on any atom is 0.339 e. The summed E-state index contributed by atoms with van der Waals surface area (Å²) in [5, 5.41) is 11.2. The van der Waals surface area contributed by atoms with E-state index in [9.17, 15) is 13.8 Å². The van der Waals surface area contributed by atoms with Crippen LogP contribution < -0.4 is 5.32 Å². The highest BCUT2D eigenvalue weighted by molar-refractivity contribution is 7.85. The van der Waals surface area contributed by atoms with E-state index in [-0.39, 0.29) is 5.56 Å². The molecule has 0 fully saturated rings. The van der Waals surface area contributed by atoms with Gasteiger partial charge in [-0.3, -0.25) is 9.00 Å². The first kappa shape index (κ1) is 19.3. The van der Waals surface area contributed by atoms with Crippen LogP contribution in [0.2, 0.25) is 0 Å². The SMILES string of the molecule is CCS(=O)c1ccccc1C(=O)OCC(=O)Nc1ccc(CC#N)cc1. The molecule has 1 atom stereocenters. The molecule has 2 aromatic carbocycles. The van der Waals surface area contributed by atoms with Crippen LogP contribution in [0.15, 0.2) is 53.4 Å². The highest BCUT2D eigenvalue weighted by atomic mass is 32.2. The second kappa shape index (κ2) is 9.49. The molecule has 6 nitrogen and oxygen atoms in total. The summed E-state index contributed by atoms with van der Waals surface area (Å²) in [6, 6.07) is 15.3. The van der Waals surface area contributed by atoms with Crippen LogP contribution in [0.4, 0.5) is 5.69 Å². The van der Waals surface area contributed by atoms with E-state index in [4.69, 9.17) is 10.00 Å². The molecule has 0 bridgehead atoms. The summed E-state index contributed by atoms with van der Waals surface area (Å²) in [5.74, 6) is -0.797. The Labute approximate surface area is 154 Å². The Bertz CT molecular complexity index is 857. The Morgan fingerprint density at radius 3 is 2.50 bits per heavy atom. The summed E-state index contributed by atoms with van der Waals surface area (Å²) in [6.45, 7) is 1.30. The van der Waals surface area contributed by atoms with Gasteiger partial charge in [0.1, 0.15) is 0 Å². The van der Waals surface area contributed by atoms with Crippen LogP contribution in [0.5, 0.6) is 0 Å². The van der Waals surface area contributed by atoms with Gasteiger partial charge in [0, 0.05) is 11.4 Å². The molecule has 0 aliphatic carbocycles. The zero-order valence-electron chi connectivity index (χ0n) is 14.2. The van der Waals surface area contributed by atoms with Crippen molar-refractivity contribution in [3.05, 3.63) is 59.7 Å². The molecule has 0 aliphatic rings. The van der Waals surface area contributed by atoms with Crippen LogP contribution in [0.3, 0.4) is 0 Å². The van der Waals surface area contributed by atoms with Gasteiger partial charge in [0.05, 0.1) is 33.7 Å². The second-order valence-electron chi connectivity index (χ2n) is 5.29. The smallest absolute Gasteiger partial charge is 0.339 e. The van der Waals surface area contributed by atoms with Crippen molar-refractivity contribution in [1.29, 1.82) is 5.26 Å². The lowest BCUT2D eigenvalue weighted by Gasteiger charge is -2.09. The molecule has 134 valence electrons. The minimum atomic E-state index is -1.30. The van der Waals surface area contributed by atoms with Crippen molar-refractivity contribution in [1.82, 2.24) is 0 Å². The van der Waals surface area contributed by atoms with Crippen molar-refractivity contribution in [2.24, 2.45) is 0 Å². The third-order valence-corrected chi connectivity index (χ3v) is 4.84. The van der Waals surface area contributed by atoms with E-state index >= 15 is 0 Å². The lowest BCUT2D eigenvalue weighted by atomic mass is 10.1. The molecule has 26 heavy (non-hydrogen) atoms. The standard InChI is InChI=1S/C19H18N2O4S/c1-2-26(24)17-6-4-3-5-16(17)19(23)25-13-18(22)21-15-9-7-14(8-10-15)11-12-20/h3-10H,2,11,13H2,1H3,(H,21,22). The van der Waals surface area contributed by atoms with Crippen molar-refractivity contribution in [2.75, 3.05) is 17.7 Å². The van der Waals surface area contributed by atoms with Gasteiger partial charge in [-0.25, -0.2) is 4.79 Å². The molecule has 1 amide bonds. The van der Waals surface area contributed by atoms with Gasteiger partial charge in [-0.15, -0.1) is 0 Å². The van der Waals surface area contributed by atoms with E-state index in [2.05, 4.69) is 5.32 Å². The first-order valence-corrected chi connectivity index (χ1v) is 9.27. The number of carbonyl (C=O) groups excluding carboxylic acids is 2. The Kier molecular flexibility index (Phi) is 7.06. The van der Waals surface area contributed by atoms with Crippen LogP contribution >= 0.6 is 0 Å². The van der Waals surface area contributed by atoms with E-state index in [1.807, 2.05) is 6.07 Å². The first-order valence-electron chi connectivity index (χ1n) is 7.95. The molecule has 1 unspecified atom stereocenters. The zero-order valence-corrected chi connectivity index (χ0v) is 15.0. The van der Waals surface area contributed by atoms with Gasteiger partial charge in [-0.1, -0.05) is 31.2 Å². The molecule has 0 saturated heterocycles. The molecule has 0 radical (unpaired) electrons. The molecule has 2 rings (SSSR count). The highest BCUT2D eigenvalue weighted by Gasteiger charge is 2.17. The van der Waals surface area contributed by atoms with Gasteiger partial charge in [0.15, 0.2) is 6.61 Å². The number of anilines is 1. The van der Waals surface area contributed by atoms with Crippen molar-refractivity contribution in [3.63, 3.8) is 0 Å². The zero-order chi connectivity index (χ0) is 18.9. The summed E-state index contributed by atoms with van der Waals surface area (Å²) in [7, 11) is -1.30. The van der Waals surface area contributed by atoms with Crippen LogP contribution in [-0.4, -0.2) is 28.4 Å². The molecule has 0 aliphatic heterocycles. The third kappa shape index (κ3) is 5.26. The second-order valence-corrected chi connectivity index (χ2v) is 6.99. The third-order valence-electron chi connectivity index (χ3n) is 3.47. The maximum absolute atomic E-state index is 12.2. The molecule has 0 spiro atoms. The highest BCUT2D eigenvalue weighted by Crippen LogP contribution is 2.15. The van der Waals surface area contributed by atoms with E-state index in [0.29, 0.717) is 22.8 Å². The van der Waals surface area contributed by atoms with Gasteiger partial charge in [-0.2, -0.15) is 5.26 Å². The van der Waals surface area contributed by atoms with Crippen LogP contribution in [0.1, 0.15) is 22.8 Å². The average molecular weight is 370 g/mol. The lowest BCUT2D eigenvalue weighted by Crippen LogP contribution is -2.21. The predicted molar refractivity (Wildman–Crippen MR) is 98.1 cm³/mol. The molecule has 1 N–H and O–H groups in total. The minimum Gasteiger partial charge on any atom is -0.452 e. The quantitative estimate of drug-likeness (QED) is 0.756. The molecule has 0 heterocycles. The summed E-state index contributed by atoms with van der Waals surface area (Å²) in [4.78, 5) is 24.5. The van der Waals surface area contributed by atoms with Gasteiger partial charge in [0.25, 0.3) is 5.91 Å². The molecular weight excluding hydrogens is 352 g/mol. The topological polar surface area (TPSA) is 96.3 Å². The number of carbonyl (C=O) groups is 2. The van der Waals surface area contributed by atoms with Gasteiger partial charge >= 0.3 is 5.97 Å². The Balaban J connectivity index is 1.94. The number of nitrogens with one attached hydrogen (secondary N) is 1. The van der Waals surface area contributed by atoms with Gasteiger partial charge < -0.3 is 10.1 Å². The number of nitriles is 1. The molecule has 0 aromatic heterocycles. The number of ether oxygens (including phenoxy) is 1. The molecule has 7 heteroatoms. The van der Waals surface area contributed by atoms with Gasteiger partial charge in [-0.05, 0) is 29.8 Å². The van der Waals surface area contributed by atoms with Gasteiger partial charge in [0.2, 0.25) is 0 Å². The van der Waals surface area contributed by atoms with Crippen LogP contribution in [0, 0.1) is 11.3 Å².